The molecule has 2 fully saturated rings. The number of ether oxygens (including phenoxy) is 1. The summed E-state index contributed by atoms with van der Waals surface area (Å²) in [4.78, 5) is 32.3. The van der Waals surface area contributed by atoms with E-state index in [0.717, 1.165) is 41.7 Å². The SMILES string of the molecule is CO/N=C/c1c([As])ncnc1N1CCC(NC(=O)Nc2ccc(OC3CCCC3)nc2)C1. The van der Waals surface area contributed by atoms with Crippen molar-refractivity contribution in [3.63, 3.8) is 0 Å². The van der Waals surface area contributed by atoms with Crippen molar-refractivity contribution in [2.75, 3.05) is 30.4 Å². The third-order valence-corrected chi connectivity index (χ3v) is 6.28. The van der Waals surface area contributed by atoms with Crippen LogP contribution < -0.4 is 24.8 Å². The van der Waals surface area contributed by atoms with Crippen molar-refractivity contribution >= 4 is 45.1 Å². The molecular weight excluding hydrogens is 473 g/mol. The van der Waals surface area contributed by atoms with Crippen LogP contribution in [-0.2, 0) is 4.84 Å². The molecule has 2 radical (unpaired) electrons. The second kappa shape index (κ2) is 10.6. The molecule has 32 heavy (non-hydrogen) atoms. The molecule has 1 aliphatic heterocycles. The summed E-state index contributed by atoms with van der Waals surface area (Å²) < 4.78 is 6.62. The van der Waals surface area contributed by atoms with E-state index in [1.165, 1.54) is 26.3 Å². The third-order valence-electron chi connectivity index (χ3n) is 5.54. The summed E-state index contributed by atoms with van der Waals surface area (Å²) >= 11 is 2.41. The number of rotatable bonds is 7. The van der Waals surface area contributed by atoms with E-state index < -0.39 is 0 Å². The summed E-state index contributed by atoms with van der Waals surface area (Å²) in [5.41, 5.74) is 1.41. The van der Waals surface area contributed by atoms with Gasteiger partial charge in [0.2, 0.25) is 5.88 Å². The number of carbonyl (C=O) groups excluding carboxylic acids is 1. The van der Waals surface area contributed by atoms with E-state index in [2.05, 4.69) is 52.5 Å². The number of anilines is 2. The minimum atomic E-state index is -0.264. The van der Waals surface area contributed by atoms with Gasteiger partial charge in [0.25, 0.3) is 0 Å². The van der Waals surface area contributed by atoms with Crippen LogP contribution in [0.4, 0.5) is 16.3 Å². The number of amides is 2. The molecule has 168 valence electrons. The first-order chi connectivity index (χ1) is 15.6. The van der Waals surface area contributed by atoms with Gasteiger partial charge in [0.05, 0.1) is 0 Å². The molecule has 0 aromatic carbocycles. The van der Waals surface area contributed by atoms with Crippen LogP contribution in [0, 0.1) is 0 Å². The monoisotopic (exact) mass is 499 g/mol. The molecule has 2 aliphatic rings. The molecule has 1 aliphatic carbocycles. The van der Waals surface area contributed by atoms with Gasteiger partial charge in [0.1, 0.15) is 6.10 Å². The maximum absolute atomic E-state index is 12.5. The van der Waals surface area contributed by atoms with Crippen molar-refractivity contribution in [1.82, 2.24) is 20.3 Å². The molecule has 0 bridgehead atoms. The van der Waals surface area contributed by atoms with E-state index in [1.807, 2.05) is 0 Å². The average Bonchev–Trinajstić information content (AvgIpc) is 3.46. The Morgan fingerprint density at radius 2 is 2.09 bits per heavy atom. The Balaban J connectivity index is 1.30. The minimum absolute atomic E-state index is 0.00934. The predicted molar refractivity (Wildman–Crippen MR) is 122 cm³/mol. The quantitative estimate of drug-likeness (QED) is 0.336. The number of pyridine rings is 1. The van der Waals surface area contributed by atoms with E-state index in [4.69, 9.17) is 9.57 Å². The fraction of sp³-hybridized carbons (Fsp3) is 0.476. The van der Waals surface area contributed by atoms with E-state index in [-0.39, 0.29) is 18.2 Å². The van der Waals surface area contributed by atoms with Gasteiger partial charge < -0.3 is 4.74 Å². The van der Waals surface area contributed by atoms with Gasteiger partial charge in [-0.2, -0.15) is 0 Å². The van der Waals surface area contributed by atoms with Crippen LogP contribution >= 0.6 is 0 Å². The molecule has 11 heteroatoms. The van der Waals surface area contributed by atoms with Crippen LogP contribution in [0.1, 0.15) is 37.7 Å². The number of hydrogen-bond donors (Lipinski definition) is 2. The van der Waals surface area contributed by atoms with Gasteiger partial charge in [0, 0.05) is 0 Å². The first-order valence-electron chi connectivity index (χ1n) is 10.7. The average molecular weight is 499 g/mol. The number of carbonyl (C=O) groups is 1. The molecule has 3 heterocycles. The summed E-state index contributed by atoms with van der Waals surface area (Å²) in [7, 11) is 1.49. The van der Waals surface area contributed by atoms with Gasteiger partial charge in [0.15, 0.2) is 0 Å². The van der Waals surface area contributed by atoms with Crippen molar-refractivity contribution in [3.05, 3.63) is 30.2 Å². The molecule has 0 spiro atoms. The Morgan fingerprint density at radius 1 is 1.25 bits per heavy atom. The molecule has 1 atom stereocenters. The standard InChI is InChI=1S/C21H26AsN7O3/c1-31-26-11-17-19(22)24-13-25-20(17)29-9-8-15(12-29)28-21(30)27-14-6-7-18(23-10-14)32-16-4-2-3-5-16/h6-7,10-11,13,15-16H,2-5,8-9,12H2,1H3,(H2,27,28,30)/b26-11+. The molecule has 2 aromatic rings. The van der Waals surface area contributed by atoms with Crippen LogP contribution in [0.2, 0.25) is 0 Å². The summed E-state index contributed by atoms with van der Waals surface area (Å²) in [6, 6.07) is 3.33. The normalized spacial score (nSPS) is 18.8. The van der Waals surface area contributed by atoms with Gasteiger partial charge in [-0.05, 0) is 25.7 Å². The van der Waals surface area contributed by atoms with E-state index in [1.54, 1.807) is 24.5 Å². The van der Waals surface area contributed by atoms with Crippen LogP contribution in [0.5, 0.6) is 5.88 Å². The van der Waals surface area contributed by atoms with Crippen molar-refractivity contribution in [2.24, 2.45) is 5.16 Å². The molecule has 1 unspecified atom stereocenters. The topological polar surface area (TPSA) is 114 Å². The molecule has 10 nitrogen and oxygen atoms in total. The summed E-state index contributed by atoms with van der Waals surface area (Å²) in [6.07, 6.45) is 10.4. The van der Waals surface area contributed by atoms with Gasteiger partial charge in [-0.25, -0.2) is 0 Å². The summed E-state index contributed by atoms with van der Waals surface area (Å²) in [6.45, 7) is 1.40. The first kappa shape index (κ1) is 22.3. The fourth-order valence-corrected chi connectivity index (χ4v) is 4.41. The molecule has 2 amide bonds. The number of nitrogens with zero attached hydrogens (tertiary/aromatic N) is 5. The number of hydrogen-bond acceptors (Lipinski definition) is 8. The number of nitrogens with one attached hydrogen (secondary N) is 2. The van der Waals surface area contributed by atoms with Gasteiger partial charge in [-0.15, -0.1) is 0 Å². The van der Waals surface area contributed by atoms with Crippen molar-refractivity contribution in [2.45, 2.75) is 44.2 Å². The maximum atomic E-state index is 12.5. The van der Waals surface area contributed by atoms with Crippen LogP contribution in [0.25, 0.3) is 0 Å². The number of urea groups is 1. The Kier molecular flexibility index (Phi) is 7.42. The molecule has 1 saturated heterocycles. The zero-order valence-electron chi connectivity index (χ0n) is 17.9. The van der Waals surface area contributed by atoms with Gasteiger partial charge >= 0.3 is 153 Å². The number of aromatic nitrogens is 3. The van der Waals surface area contributed by atoms with Gasteiger partial charge in [-0.1, -0.05) is 0 Å². The molecule has 1 saturated carbocycles. The second-order valence-electron chi connectivity index (χ2n) is 7.79. The van der Waals surface area contributed by atoms with E-state index in [9.17, 15) is 4.79 Å². The van der Waals surface area contributed by atoms with Crippen molar-refractivity contribution in [3.8, 4) is 5.88 Å². The molecule has 2 aromatic heterocycles. The Hall–Kier alpha value is -2.87. The zero-order chi connectivity index (χ0) is 22.3. The van der Waals surface area contributed by atoms with Crippen LogP contribution in [0.15, 0.2) is 29.8 Å². The fourth-order valence-electron chi connectivity index (χ4n) is 3.97. The van der Waals surface area contributed by atoms with E-state index >= 15 is 0 Å². The molecular formula is C21H26AsN7O3. The Labute approximate surface area is 195 Å². The molecule has 4 rings (SSSR count). The predicted octanol–water partition coefficient (Wildman–Crippen LogP) is 1.37. The van der Waals surface area contributed by atoms with Gasteiger partial charge in [-0.3, -0.25) is 0 Å². The van der Waals surface area contributed by atoms with Crippen LogP contribution in [-0.4, -0.2) is 76.4 Å². The van der Waals surface area contributed by atoms with Crippen LogP contribution in [0.3, 0.4) is 0 Å². The second-order valence-corrected chi connectivity index (χ2v) is 8.68. The Morgan fingerprint density at radius 3 is 2.84 bits per heavy atom. The number of oxime groups is 1. The zero-order valence-corrected chi connectivity index (χ0v) is 19.8. The van der Waals surface area contributed by atoms with E-state index in [0.29, 0.717) is 18.1 Å². The van der Waals surface area contributed by atoms with Crippen molar-refractivity contribution in [1.29, 1.82) is 0 Å². The summed E-state index contributed by atoms with van der Waals surface area (Å²) in [5.74, 6) is 1.36. The Bertz CT molecular complexity index is 951. The third kappa shape index (κ3) is 5.67. The molecule has 2 N–H and O–H groups in total. The van der Waals surface area contributed by atoms with Crippen molar-refractivity contribution < 1.29 is 14.4 Å². The summed E-state index contributed by atoms with van der Waals surface area (Å²) in [5, 5.41) is 9.71. The first-order valence-corrected chi connectivity index (χ1v) is 11.6.